The Bertz CT molecular complexity index is 161. The molecule has 122 valence electrons. The molecule has 1 atom stereocenters. The van der Waals surface area contributed by atoms with E-state index in [1.807, 2.05) is 0 Å². The fraction of sp³-hybridized carbons (Fsp3) is 1.00. The minimum atomic E-state index is 0.772. The Morgan fingerprint density at radius 1 is 0.600 bits per heavy atom. The van der Waals surface area contributed by atoms with E-state index in [4.69, 9.17) is 0 Å². The van der Waals surface area contributed by atoms with Crippen LogP contribution in [0.25, 0.3) is 0 Å². The summed E-state index contributed by atoms with van der Waals surface area (Å²) in [5.41, 5.74) is 0. The molecule has 0 aromatic heterocycles. The minimum absolute atomic E-state index is 0.772. The largest absolute Gasteiger partial charge is 0.314 e. The van der Waals surface area contributed by atoms with Crippen molar-refractivity contribution in [1.82, 2.24) is 5.32 Å². The van der Waals surface area contributed by atoms with Crippen molar-refractivity contribution in [3.05, 3.63) is 0 Å². The summed E-state index contributed by atoms with van der Waals surface area (Å²) < 4.78 is 0. The van der Waals surface area contributed by atoms with E-state index in [-0.39, 0.29) is 0 Å². The van der Waals surface area contributed by atoms with E-state index in [1.165, 1.54) is 77.0 Å². The molecule has 0 aliphatic carbocycles. The molecule has 1 nitrogen and oxygen atoms in total. The van der Waals surface area contributed by atoms with Crippen LogP contribution in [-0.4, -0.2) is 12.6 Å². The highest BCUT2D eigenvalue weighted by Crippen LogP contribution is 2.24. The molecule has 0 saturated heterocycles. The third-order valence-corrected chi connectivity index (χ3v) is 4.49. The standard InChI is InChI=1S/C19H41N/c1-5-9-11-13-16-18(17-14-12-10-6-2)19(15-7-3)20-8-4/h18-20H,5-17H2,1-4H3. The Kier molecular flexibility index (Phi) is 15.3. The first-order valence-electron chi connectivity index (χ1n) is 9.53. The Labute approximate surface area is 129 Å². The van der Waals surface area contributed by atoms with Crippen LogP contribution in [0.4, 0.5) is 0 Å². The molecular weight excluding hydrogens is 242 g/mol. The monoisotopic (exact) mass is 283 g/mol. The SMILES string of the molecule is CCCCCCC(CCCCCC)C(CCC)NCC. The van der Waals surface area contributed by atoms with Crippen LogP contribution in [0.15, 0.2) is 0 Å². The summed E-state index contributed by atoms with van der Waals surface area (Å²) in [6.07, 6.45) is 16.9. The number of hydrogen-bond donors (Lipinski definition) is 1. The van der Waals surface area contributed by atoms with Crippen LogP contribution in [0.1, 0.15) is 105 Å². The first-order chi connectivity index (χ1) is 9.79. The van der Waals surface area contributed by atoms with Crippen LogP contribution >= 0.6 is 0 Å². The zero-order valence-corrected chi connectivity index (χ0v) is 14.8. The first-order valence-corrected chi connectivity index (χ1v) is 9.53. The van der Waals surface area contributed by atoms with Gasteiger partial charge in [0, 0.05) is 6.04 Å². The van der Waals surface area contributed by atoms with Crippen molar-refractivity contribution in [2.45, 2.75) is 111 Å². The molecule has 0 aromatic rings. The predicted molar refractivity (Wildman–Crippen MR) is 93.4 cm³/mol. The van der Waals surface area contributed by atoms with Gasteiger partial charge in [0.15, 0.2) is 0 Å². The summed E-state index contributed by atoms with van der Waals surface area (Å²) in [7, 11) is 0. The van der Waals surface area contributed by atoms with Gasteiger partial charge in [-0.3, -0.25) is 0 Å². The molecule has 0 amide bonds. The molecule has 0 saturated carbocycles. The fourth-order valence-electron chi connectivity index (χ4n) is 3.29. The molecular formula is C19H41N. The van der Waals surface area contributed by atoms with Crippen molar-refractivity contribution in [2.75, 3.05) is 6.54 Å². The molecule has 0 fully saturated rings. The number of nitrogens with one attached hydrogen (secondary N) is 1. The molecule has 0 rings (SSSR count). The minimum Gasteiger partial charge on any atom is -0.314 e. The molecule has 1 N–H and O–H groups in total. The second-order valence-corrected chi connectivity index (χ2v) is 6.41. The van der Waals surface area contributed by atoms with E-state index in [1.54, 1.807) is 0 Å². The van der Waals surface area contributed by atoms with Gasteiger partial charge in [-0.25, -0.2) is 0 Å². The molecule has 0 spiro atoms. The normalized spacial score (nSPS) is 13.1. The van der Waals surface area contributed by atoms with Crippen LogP contribution in [0.5, 0.6) is 0 Å². The van der Waals surface area contributed by atoms with E-state index in [2.05, 4.69) is 33.0 Å². The first kappa shape index (κ1) is 20.0. The quantitative estimate of drug-likeness (QED) is 0.347. The van der Waals surface area contributed by atoms with E-state index in [0.717, 1.165) is 18.5 Å². The molecule has 0 aromatic carbocycles. The van der Waals surface area contributed by atoms with Crippen molar-refractivity contribution in [3.8, 4) is 0 Å². The number of rotatable bonds is 15. The lowest BCUT2D eigenvalue weighted by atomic mass is 9.86. The second-order valence-electron chi connectivity index (χ2n) is 6.41. The maximum Gasteiger partial charge on any atom is 0.00951 e. The van der Waals surface area contributed by atoms with Crippen molar-refractivity contribution >= 4 is 0 Å². The molecule has 0 aliphatic rings. The van der Waals surface area contributed by atoms with Gasteiger partial charge in [-0.1, -0.05) is 85.5 Å². The van der Waals surface area contributed by atoms with Gasteiger partial charge in [0.05, 0.1) is 0 Å². The van der Waals surface area contributed by atoms with E-state index in [9.17, 15) is 0 Å². The van der Waals surface area contributed by atoms with Gasteiger partial charge >= 0.3 is 0 Å². The Morgan fingerprint density at radius 2 is 1.15 bits per heavy atom. The molecule has 0 radical (unpaired) electrons. The van der Waals surface area contributed by atoms with Crippen molar-refractivity contribution in [1.29, 1.82) is 0 Å². The van der Waals surface area contributed by atoms with Crippen molar-refractivity contribution in [2.24, 2.45) is 5.92 Å². The second kappa shape index (κ2) is 15.4. The average Bonchev–Trinajstić information content (AvgIpc) is 2.45. The number of hydrogen-bond acceptors (Lipinski definition) is 1. The summed E-state index contributed by atoms with van der Waals surface area (Å²) in [4.78, 5) is 0. The van der Waals surface area contributed by atoms with Gasteiger partial charge in [-0.15, -0.1) is 0 Å². The topological polar surface area (TPSA) is 12.0 Å². The summed E-state index contributed by atoms with van der Waals surface area (Å²) in [6, 6.07) is 0.772. The van der Waals surface area contributed by atoms with E-state index >= 15 is 0 Å². The van der Waals surface area contributed by atoms with Crippen LogP contribution in [0.2, 0.25) is 0 Å². The van der Waals surface area contributed by atoms with E-state index in [0.29, 0.717) is 0 Å². The highest BCUT2D eigenvalue weighted by molar-refractivity contribution is 4.76. The van der Waals surface area contributed by atoms with Gasteiger partial charge in [0.1, 0.15) is 0 Å². The molecule has 0 heterocycles. The Morgan fingerprint density at radius 3 is 1.55 bits per heavy atom. The fourth-order valence-corrected chi connectivity index (χ4v) is 3.29. The maximum absolute atomic E-state index is 3.77. The number of unbranched alkanes of at least 4 members (excludes halogenated alkanes) is 6. The summed E-state index contributed by atoms with van der Waals surface area (Å²) >= 11 is 0. The average molecular weight is 284 g/mol. The summed E-state index contributed by atoms with van der Waals surface area (Å²) in [6.45, 7) is 10.3. The highest BCUT2D eigenvalue weighted by atomic mass is 14.9. The lowest BCUT2D eigenvalue weighted by molar-refractivity contribution is 0.286. The molecule has 20 heavy (non-hydrogen) atoms. The molecule has 0 aliphatic heterocycles. The zero-order chi connectivity index (χ0) is 15.1. The van der Waals surface area contributed by atoms with Gasteiger partial charge in [-0.05, 0) is 31.7 Å². The third kappa shape index (κ3) is 10.7. The Hall–Kier alpha value is -0.0400. The van der Waals surface area contributed by atoms with Crippen LogP contribution in [0, 0.1) is 5.92 Å². The smallest absolute Gasteiger partial charge is 0.00951 e. The lowest BCUT2D eigenvalue weighted by Crippen LogP contribution is -2.36. The summed E-state index contributed by atoms with van der Waals surface area (Å²) in [5, 5.41) is 3.77. The highest BCUT2D eigenvalue weighted by Gasteiger charge is 2.19. The molecule has 1 unspecified atom stereocenters. The summed E-state index contributed by atoms with van der Waals surface area (Å²) in [5.74, 6) is 0.920. The zero-order valence-electron chi connectivity index (χ0n) is 14.8. The Balaban J connectivity index is 4.17. The lowest BCUT2D eigenvalue weighted by Gasteiger charge is -2.28. The van der Waals surface area contributed by atoms with Crippen molar-refractivity contribution < 1.29 is 0 Å². The van der Waals surface area contributed by atoms with Gasteiger partial charge in [-0.2, -0.15) is 0 Å². The van der Waals surface area contributed by atoms with Crippen LogP contribution in [-0.2, 0) is 0 Å². The van der Waals surface area contributed by atoms with E-state index < -0.39 is 0 Å². The van der Waals surface area contributed by atoms with Crippen molar-refractivity contribution in [3.63, 3.8) is 0 Å². The predicted octanol–water partition coefficient (Wildman–Crippen LogP) is 6.32. The van der Waals surface area contributed by atoms with Gasteiger partial charge in [0.2, 0.25) is 0 Å². The molecule has 0 bridgehead atoms. The van der Waals surface area contributed by atoms with Gasteiger partial charge in [0.25, 0.3) is 0 Å². The van der Waals surface area contributed by atoms with Gasteiger partial charge < -0.3 is 5.32 Å². The molecule has 1 heteroatoms. The third-order valence-electron chi connectivity index (χ3n) is 4.49. The van der Waals surface area contributed by atoms with Crippen LogP contribution < -0.4 is 5.32 Å². The maximum atomic E-state index is 3.77. The van der Waals surface area contributed by atoms with Crippen LogP contribution in [0.3, 0.4) is 0 Å².